The first-order valence-corrected chi connectivity index (χ1v) is 12.9. The Balaban J connectivity index is 1.78. The molecule has 0 aliphatic carbocycles. The number of halogens is 1. The fourth-order valence-corrected chi connectivity index (χ4v) is 5.20. The molecule has 3 rings (SSSR count). The number of anilines is 2. The summed E-state index contributed by atoms with van der Waals surface area (Å²) in [5, 5.41) is 3.12. The van der Waals surface area contributed by atoms with E-state index in [1.54, 1.807) is 31.2 Å². The molecular weight excluding hydrogens is 486 g/mol. The molecule has 0 spiro atoms. The first-order valence-electron chi connectivity index (χ1n) is 9.63. The Kier molecular flexibility index (Phi) is 7.13. The number of benzene rings is 3. The maximum absolute atomic E-state index is 12.6. The predicted molar refractivity (Wildman–Crippen MR) is 129 cm³/mol. The molecule has 3 aromatic carbocycles. The molecule has 0 aromatic heterocycles. The molecule has 0 heterocycles. The van der Waals surface area contributed by atoms with Gasteiger partial charge in [-0.2, -0.15) is 0 Å². The Morgan fingerprint density at radius 1 is 0.848 bits per heavy atom. The molecule has 0 bridgehead atoms. The molecule has 0 aliphatic heterocycles. The van der Waals surface area contributed by atoms with Gasteiger partial charge in [-0.15, -0.1) is 0 Å². The lowest BCUT2D eigenvalue weighted by atomic mass is 10.2. The van der Waals surface area contributed by atoms with E-state index in [0.29, 0.717) is 22.0 Å². The summed E-state index contributed by atoms with van der Waals surface area (Å²) in [5.74, 6) is -0.512. The summed E-state index contributed by atoms with van der Waals surface area (Å²) in [6, 6.07) is 16.1. The van der Waals surface area contributed by atoms with E-state index in [9.17, 15) is 21.6 Å². The highest BCUT2D eigenvalue weighted by Gasteiger charge is 2.21. The maximum atomic E-state index is 12.6. The first-order chi connectivity index (χ1) is 15.4. The van der Waals surface area contributed by atoms with Crippen molar-refractivity contribution in [3.8, 4) is 0 Å². The number of hydrogen-bond acceptors (Lipinski definition) is 5. The van der Waals surface area contributed by atoms with Crippen LogP contribution in [0.5, 0.6) is 0 Å². The van der Waals surface area contributed by atoms with Gasteiger partial charge in [-0.05, 0) is 73.2 Å². The van der Waals surface area contributed by atoms with Crippen molar-refractivity contribution in [1.82, 2.24) is 4.31 Å². The molecule has 11 heteroatoms. The number of sulfonamides is 2. The van der Waals surface area contributed by atoms with E-state index < -0.39 is 26.0 Å². The average molecular weight is 508 g/mol. The largest absolute Gasteiger partial charge is 0.322 e. The van der Waals surface area contributed by atoms with Crippen LogP contribution in [0.4, 0.5) is 11.4 Å². The minimum Gasteiger partial charge on any atom is -0.322 e. The van der Waals surface area contributed by atoms with E-state index >= 15 is 0 Å². The summed E-state index contributed by atoms with van der Waals surface area (Å²) in [6.45, 7) is 1.67. The summed E-state index contributed by atoms with van der Waals surface area (Å²) in [5.41, 5.74) is 1.40. The molecule has 0 radical (unpaired) electrons. The van der Waals surface area contributed by atoms with Crippen LogP contribution in [-0.4, -0.2) is 41.1 Å². The number of hydrogen-bond donors (Lipinski definition) is 2. The van der Waals surface area contributed by atoms with Crippen molar-refractivity contribution in [3.05, 3.63) is 82.9 Å². The van der Waals surface area contributed by atoms with Gasteiger partial charge >= 0.3 is 0 Å². The lowest BCUT2D eigenvalue weighted by Crippen LogP contribution is -2.23. The summed E-state index contributed by atoms with van der Waals surface area (Å²) < 4.78 is 53.6. The van der Waals surface area contributed by atoms with Crippen LogP contribution in [0.15, 0.2) is 76.5 Å². The lowest BCUT2D eigenvalue weighted by molar-refractivity contribution is 0.102. The van der Waals surface area contributed by atoms with E-state index in [2.05, 4.69) is 10.0 Å². The van der Waals surface area contributed by atoms with Gasteiger partial charge in [-0.1, -0.05) is 17.7 Å². The molecule has 0 saturated carbocycles. The molecular formula is C22H22ClN3O5S2. The second kappa shape index (κ2) is 9.52. The predicted octanol–water partition coefficient (Wildman–Crippen LogP) is 3.95. The lowest BCUT2D eigenvalue weighted by Gasteiger charge is -2.15. The number of nitrogens with zero attached hydrogens (tertiary/aromatic N) is 1. The third kappa shape index (κ3) is 5.72. The van der Waals surface area contributed by atoms with E-state index in [1.165, 1.54) is 56.6 Å². The van der Waals surface area contributed by atoms with Crippen molar-refractivity contribution in [2.24, 2.45) is 0 Å². The highest BCUT2D eigenvalue weighted by atomic mass is 35.5. The molecule has 0 saturated heterocycles. The van der Waals surface area contributed by atoms with Gasteiger partial charge in [0.2, 0.25) is 10.0 Å². The van der Waals surface area contributed by atoms with Crippen molar-refractivity contribution < 1.29 is 21.6 Å². The van der Waals surface area contributed by atoms with Crippen LogP contribution in [0.2, 0.25) is 5.02 Å². The van der Waals surface area contributed by atoms with Crippen molar-refractivity contribution in [2.45, 2.75) is 16.7 Å². The Morgan fingerprint density at radius 3 is 2.00 bits per heavy atom. The van der Waals surface area contributed by atoms with E-state index in [4.69, 9.17) is 11.6 Å². The van der Waals surface area contributed by atoms with Gasteiger partial charge in [-0.25, -0.2) is 21.1 Å². The molecule has 8 nitrogen and oxygen atoms in total. The highest BCUT2D eigenvalue weighted by molar-refractivity contribution is 7.92. The molecule has 1 amide bonds. The monoisotopic (exact) mass is 507 g/mol. The smallest absolute Gasteiger partial charge is 0.261 e. The normalized spacial score (nSPS) is 11.9. The molecule has 174 valence electrons. The van der Waals surface area contributed by atoms with E-state index in [-0.39, 0.29) is 15.4 Å². The SMILES string of the molecule is Cc1ccc(NC(=O)c2ccc(S(=O)(=O)Nc3ccc(Cl)cc3)cc2)cc1S(=O)(=O)N(C)C. The summed E-state index contributed by atoms with van der Waals surface area (Å²) >= 11 is 5.81. The van der Waals surface area contributed by atoms with Crippen molar-refractivity contribution >= 4 is 48.9 Å². The third-order valence-corrected chi connectivity index (χ3v) is 8.33. The van der Waals surface area contributed by atoms with Crippen molar-refractivity contribution in [1.29, 1.82) is 0 Å². The van der Waals surface area contributed by atoms with Gasteiger partial charge in [0.25, 0.3) is 15.9 Å². The second-order valence-corrected chi connectivity index (χ2v) is 11.6. The van der Waals surface area contributed by atoms with Gasteiger partial charge in [-0.3, -0.25) is 9.52 Å². The first kappa shape index (κ1) is 24.7. The Bertz CT molecular complexity index is 1390. The maximum Gasteiger partial charge on any atom is 0.261 e. The Labute approximate surface area is 198 Å². The molecule has 2 N–H and O–H groups in total. The fraction of sp³-hybridized carbons (Fsp3) is 0.136. The minimum atomic E-state index is -3.86. The van der Waals surface area contributed by atoms with Crippen LogP contribution < -0.4 is 10.0 Å². The third-order valence-electron chi connectivity index (χ3n) is 4.73. The fourth-order valence-electron chi connectivity index (χ4n) is 2.87. The molecule has 0 unspecified atom stereocenters. The van der Waals surface area contributed by atoms with Crippen LogP contribution in [-0.2, 0) is 20.0 Å². The van der Waals surface area contributed by atoms with Gasteiger partial charge in [0.1, 0.15) is 0 Å². The number of aryl methyl sites for hydroxylation is 1. The van der Waals surface area contributed by atoms with E-state index in [1.807, 2.05) is 0 Å². The number of rotatable bonds is 7. The van der Waals surface area contributed by atoms with Crippen LogP contribution in [0.3, 0.4) is 0 Å². The zero-order valence-electron chi connectivity index (χ0n) is 18.0. The topological polar surface area (TPSA) is 113 Å². The summed E-state index contributed by atoms with van der Waals surface area (Å²) in [4.78, 5) is 12.7. The molecule has 0 fully saturated rings. The van der Waals surface area contributed by atoms with Crippen LogP contribution >= 0.6 is 11.6 Å². The minimum absolute atomic E-state index is 0.0244. The molecule has 0 aliphatic rings. The zero-order chi connectivity index (χ0) is 24.4. The number of nitrogens with one attached hydrogen (secondary N) is 2. The summed E-state index contributed by atoms with van der Waals surface area (Å²) in [7, 11) is -4.68. The van der Waals surface area contributed by atoms with E-state index in [0.717, 1.165) is 4.31 Å². The summed E-state index contributed by atoms with van der Waals surface area (Å²) in [6.07, 6.45) is 0. The number of amides is 1. The van der Waals surface area contributed by atoms with Crippen molar-refractivity contribution in [3.63, 3.8) is 0 Å². The van der Waals surface area contributed by atoms with Crippen LogP contribution in [0.1, 0.15) is 15.9 Å². The van der Waals surface area contributed by atoms with Gasteiger partial charge in [0, 0.05) is 36.1 Å². The molecule has 0 atom stereocenters. The average Bonchev–Trinajstić information content (AvgIpc) is 2.76. The second-order valence-electron chi connectivity index (χ2n) is 7.36. The number of carbonyl (C=O) groups is 1. The van der Waals surface area contributed by atoms with Crippen molar-refractivity contribution in [2.75, 3.05) is 24.1 Å². The van der Waals surface area contributed by atoms with Crippen LogP contribution in [0, 0.1) is 6.92 Å². The quantitative estimate of drug-likeness (QED) is 0.502. The standard InChI is InChI=1S/C22H22ClN3O5S2/c1-15-4-9-19(14-21(15)33(30,31)26(2)3)24-22(27)16-5-12-20(13-6-16)32(28,29)25-18-10-7-17(23)8-11-18/h4-14,25H,1-3H3,(H,24,27). The van der Waals surface area contributed by atoms with Crippen LogP contribution in [0.25, 0.3) is 0 Å². The molecule has 33 heavy (non-hydrogen) atoms. The number of carbonyl (C=O) groups excluding carboxylic acids is 1. The van der Waals surface area contributed by atoms with Gasteiger partial charge < -0.3 is 5.32 Å². The Hall–Kier alpha value is -2.92. The zero-order valence-corrected chi connectivity index (χ0v) is 20.4. The van der Waals surface area contributed by atoms with Gasteiger partial charge in [0.05, 0.1) is 9.79 Å². The Morgan fingerprint density at radius 2 is 1.42 bits per heavy atom. The highest BCUT2D eigenvalue weighted by Crippen LogP contribution is 2.23. The van der Waals surface area contributed by atoms with Gasteiger partial charge in [0.15, 0.2) is 0 Å². The molecule has 3 aromatic rings.